The summed E-state index contributed by atoms with van der Waals surface area (Å²) in [6.45, 7) is 6.37. The van der Waals surface area contributed by atoms with Crippen LogP contribution in [0.5, 0.6) is 0 Å². The average Bonchev–Trinajstić information content (AvgIpc) is 2.88. The summed E-state index contributed by atoms with van der Waals surface area (Å²) in [5.74, 6) is -0.0490. The summed E-state index contributed by atoms with van der Waals surface area (Å²) in [4.78, 5) is 38.7. The van der Waals surface area contributed by atoms with Crippen LogP contribution >= 0.6 is 0 Å². The summed E-state index contributed by atoms with van der Waals surface area (Å²) < 4.78 is 5.58. The van der Waals surface area contributed by atoms with Crippen LogP contribution in [0.4, 0.5) is 0 Å². The molecule has 2 rings (SSSR count). The van der Waals surface area contributed by atoms with Crippen LogP contribution in [-0.2, 0) is 19.1 Å². The van der Waals surface area contributed by atoms with Crippen molar-refractivity contribution in [2.45, 2.75) is 38.7 Å². The lowest BCUT2D eigenvalue weighted by Gasteiger charge is -2.38. The summed E-state index contributed by atoms with van der Waals surface area (Å²) >= 11 is 0. The van der Waals surface area contributed by atoms with Crippen LogP contribution in [0.1, 0.15) is 33.1 Å². The van der Waals surface area contributed by atoms with Crippen molar-refractivity contribution in [3.05, 3.63) is 0 Å². The van der Waals surface area contributed by atoms with Gasteiger partial charge in [-0.25, -0.2) is 0 Å². The van der Waals surface area contributed by atoms with E-state index in [1.165, 1.54) is 6.92 Å². The van der Waals surface area contributed by atoms with Crippen LogP contribution in [0.25, 0.3) is 0 Å². The van der Waals surface area contributed by atoms with Gasteiger partial charge in [-0.3, -0.25) is 14.4 Å². The van der Waals surface area contributed by atoms with Crippen LogP contribution in [0.3, 0.4) is 0 Å². The fourth-order valence-corrected chi connectivity index (χ4v) is 2.88. The van der Waals surface area contributed by atoms with Crippen molar-refractivity contribution in [1.82, 2.24) is 15.1 Å². The fourth-order valence-electron chi connectivity index (χ4n) is 2.88. The summed E-state index contributed by atoms with van der Waals surface area (Å²) in [5.41, 5.74) is -0.993. The van der Waals surface area contributed by atoms with Gasteiger partial charge in [0.15, 0.2) is 5.60 Å². The number of hydrogen-bond donors (Lipinski definition) is 1. The van der Waals surface area contributed by atoms with Gasteiger partial charge in [0.25, 0.3) is 5.91 Å². The number of nitrogens with zero attached hydrogens (tertiary/aromatic N) is 2. The Morgan fingerprint density at radius 3 is 2.77 bits per heavy atom. The van der Waals surface area contributed by atoms with E-state index in [-0.39, 0.29) is 24.3 Å². The van der Waals surface area contributed by atoms with Gasteiger partial charge in [0, 0.05) is 39.5 Å². The first kappa shape index (κ1) is 16.7. The minimum absolute atomic E-state index is 0.0464. The molecule has 0 radical (unpaired) electrons. The summed E-state index contributed by atoms with van der Waals surface area (Å²) in [6.07, 6.45) is 2.29. The highest BCUT2D eigenvalue weighted by Gasteiger charge is 2.39. The molecular weight excluding hydrogens is 286 g/mol. The van der Waals surface area contributed by atoms with E-state index < -0.39 is 5.60 Å². The van der Waals surface area contributed by atoms with Gasteiger partial charge in [0.1, 0.15) is 0 Å². The Balaban J connectivity index is 1.74. The molecule has 0 aromatic heterocycles. The SMILES string of the molecule is CC(=O)N1CCOC(C)(C(=O)NCCCN2CCCC2=O)C1. The molecule has 0 aliphatic carbocycles. The number of morpholine rings is 1. The molecule has 0 aromatic rings. The van der Waals surface area contributed by atoms with Crippen LogP contribution in [0.15, 0.2) is 0 Å². The Kier molecular flexibility index (Phi) is 5.39. The van der Waals surface area contributed by atoms with E-state index in [0.717, 1.165) is 19.4 Å². The molecule has 22 heavy (non-hydrogen) atoms. The third-order valence-electron chi connectivity index (χ3n) is 4.26. The highest BCUT2D eigenvalue weighted by atomic mass is 16.5. The topological polar surface area (TPSA) is 79.0 Å². The van der Waals surface area contributed by atoms with Crippen molar-refractivity contribution in [1.29, 1.82) is 0 Å². The van der Waals surface area contributed by atoms with Crippen LogP contribution in [-0.4, -0.2) is 72.5 Å². The van der Waals surface area contributed by atoms with E-state index in [9.17, 15) is 14.4 Å². The van der Waals surface area contributed by atoms with Gasteiger partial charge in [0.05, 0.1) is 13.2 Å². The summed E-state index contributed by atoms with van der Waals surface area (Å²) in [6, 6.07) is 0. The molecule has 7 nitrogen and oxygen atoms in total. The molecule has 2 heterocycles. The van der Waals surface area contributed by atoms with Crippen molar-refractivity contribution in [2.24, 2.45) is 0 Å². The molecule has 1 unspecified atom stereocenters. The lowest BCUT2D eigenvalue weighted by Crippen LogP contribution is -2.59. The Hall–Kier alpha value is -1.63. The monoisotopic (exact) mass is 311 g/mol. The van der Waals surface area contributed by atoms with Gasteiger partial charge < -0.3 is 19.9 Å². The molecular formula is C15H25N3O4. The van der Waals surface area contributed by atoms with Crippen LogP contribution in [0.2, 0.25) is 0 Å². The first-order valence-corrected chi connectivity index (χ1v) is 7.88. The van der Waals surface area contributed by atoms with Gasteiger partial charge >= 0.3 is 0 Å². The number of hydrogen-bond acceptors (Lipinski definition) is 4. The van der Waals surface area contributed by atoms with Gasteiger partial charge in [-0.2, -0.15) is 0 Å². The standard InChI is InChI=1S/C15H25N3O4/c1-12(19)18-9-10-22-15(2,11-18)14(21)16-6-4-8-17-7-3-5-13(17)20/h3-11H2,1-2H3,(H,16,21). The van der Waals surface area contributed by atoms with Gasteiger partial charge in [-0.15, -0.1) is 0 Å². The predicted octanol–water partition coefficient (Wildman–Crippen LogP) is -0.247. The predicted molar refractivity (Wildman–Crippen MR) is 80.1 cm³/mol. The van der Waals surface area contributed by atoms with E-state index in [0.29, 0.717) is 32.7 Å². The van der Waals surface area contributed by atoms with Gasteiger partial charge in [-0.05, 0) is 19.8 Å². The molecule has 0 aromatic carbocycles. The number of likely N-dealkylation sites (tertiary alicyclic amines) is 1. The number of nitrogens with one attached hydrogen (secondary N) is 1. The number of rotatable bonds is 5. The number of carbonyl (C=O) groups is 3. The van der Waals surface area contributed by atoms with E-state index >= 15 is 0 Å². The summed E-state index contributed by atoms with van der Waals surface area (Å²) in [7, 11) is 0. The van der Waals surface area contributed by atoms with Crippen LogP contribution in [0, 0.1) is 0 Å². The molecule has 124 valence electrons. The first-order chi connectivity index (χ1) is 10.4. The van der Waals surface area contributed by atoms with Crippen molar-refractivity contribution in [3.63, 3.8) is 0 Å². The number of ether oxygens (including phenoxy) is 1. The normalized spacial score (nSPS) is 25.5. The average molecular weight is 311 g/mol. The van der Waals surface area contributed by atoms with Crippen molar-refractivity contribution in [2.75, 3.05) is 39.3 Å². The van der Waals surface area contributed by atoms with Crippen LogP contribution < -0.4 is 5.32 Å². The summed E-state index contributed by atoms with van der Waals surface area (Å²) in [5, 5.41) is 2.85. The Morgan fingerprint density at radius 2 is 2.14 bits per heavy atom. The molecule has 0 spiro atoms. The largest absolute Gasteiger partial charge is 0.362 e. The van der Waals surface area contributed by atoms with E-state index in [1.807, 2.05) is 4.90 Å². The second-order valence-electron chi connectivity index (χ2n) is 6.11. The zero-order valence-corrected chi connectivity index (χ0v) is 13.4. The van der Waals surface area contributed by atoms with E-state index in [1.54, 1.807) is 11.8 Å². The van der Waals surface area contributed by atoms with Gasteiger partial charge in [0.2, 0.25) is 11.8 Å². The van der Waals surface area contributed by atoms with Crippen molar-refractivity contribution >= 4 is 17.7 Å². The maximum atomic E-state index is 12.3. The zero-order chi connectivity index (χ0) is 16.2. The minimum atomic E-state index is -0.993. The van der Waals surface area contributed by atoms with Crippen molar-refractivity contribution < 1.29 is 19.1 Å². The van der Waals surface area contributed by atoms with E-state index in [2.05, 4.69) is 5.32 Å². The highest BCUT2D eigenvalue weighted by Crippen LogP contribution is 2.18. The lowest BCUT2D eigenvalue weighted by atomic mass is 10.0. The third kappa shape index (κ3) is 3.97. The van der Waals surface area contributed by atoms with Crippen molar-refractivity contribution in [3.8, 4) is 0 Å². The maximum absolute atomic E-state index is 12.3. The lowest BCUT2D eigenvalue weighted by molar-refractivity contribution is -0.162. The minimum Gasteiger partial charge on any atom is -0.362 e. The molecule has 7 heteroatoms. The highest BCUT2D eigenvalue weighted by molar-refractivity contribution is 5.86. The molecule has 0 saturated carbocycles. The Labute approximate surface area is 131 Å². The van der Waals surface area contributed by atoms with E-state index in [4.69, 9.17) is 4.74 Å². The molecule has 2 saturated heterocycles. The molecule has 3 amide bonds. The zero-order valence-electron chi connectivity index (χ0n) is 13.4. The second kappa shape index (κ2) is 7.09. The first-order valence-electron chi connectivity index (χ1n) is 7.88. The quantitative estimate of drug-likeness (QED) is 0.710. The number of amides is 3. The molecule has 0 bridgehead atoms. The third-order valence-corrected chi connectivity index (χ3v) is 4.26. The Morgan fingerprint density at radius 1 is 1.36 bits per heavy atom. The van der Waals surface area contributed by atoms with Gasteiger partial charge in [-0.1, -0.05) is 0 Å². The molecule has 1 atom stereocenters. The molecule has 2 aliphatic rings. The smallest absolute Gasteiger partial charge is 0.253 e. The number of carbonyl (C=O) groups excluding carboxylic acids is 3. The Bertz CT molecular complexity index is 454. The second-order valence-corrected chi connectivity index (χ2v) is 6.11. The molecule has 1 N–H and O–H groups in total. The fraction of sp³-hybridized carbons (Fsp3) is 0.800. The molecule has 2 aliphatic heterocycles. The molecule has 2 fully saturated rings. The maximum Gasteiger partial charge on any atom is 0.253 e.